The third-order valence-corrected chi connectivity index (χ3v) is 4.64. The SMILES string of the molecule is O=C(Nc1ccc(-c2ccccc2)cc1)c1ccc(NC2CC2)c([N+](=O)[O-])c1. The number of nitro benzene ring substituents is 1. The second-order valence-electron chi connectivity index (χ2n) is 6.81. The lowest BCUT2D eigenvalue weighted by Crippen LogP contribution is -2.13. The standard InChI is InChI=1S/C22H19N3O3/c26-22(17-8-13-20(23-18-11-12-18)21(14-17)25(27)28)24-19-9-6-16(7-10-19)15-4-2-1-3-5-15/h1-10,13-14,18,23H,11-12H2,(H,24,26). The molecule has 0 unspecified atom stereocenters. The zero-order valence-electron chi connectivity index (χ0n) is 15.1. The number of nitro groups is 1. The van der Waals surface area contributed by atoms with Crippen molar-refractivity contribution in [2.75, 3.05) is 10.6 Å². The smallest absolute Gasteiger partial charge is 0.293 e. The summed E-state index contributed by atoms with van der Waals surface area (Å²) >= 11 is 0. The molecule has 1 aliphatic carbocycles. The van der Waals surface area contributed by atoms with Gasteiger partial charge in [0.15, 0.2) is 0 Å². The molecule has 0 heterocycles. The predicted octanol–water partition coefficient (Wildman–Crippen LogP) is 5.09. The zero-order valence-corrected chi connectivity index (χ0v) is 15.1. The highest BCUT2D eigenvalue weighted by atomic mass is 16.6. The lowest BCUT2D eigenvalue weighted by Gasteiger charge is -2.09. The van der Waals surface area contributed by atoms with E-state index in [4.69, 9.17) is 0 Å². The van der Waals surface area contributed by atoms with Crippen LogP contribution in [0, 0.1) is 10.1 Å². The molecule has 3 aromatic rings. The van der Waals surface area contributed by atoms with Crippen LogP contribution in [-0.2, 0) is 0 Å². The molecule has 1 amide bonds. The summed E-state index contributed by atoms with van der Waals surface area (Å²) < 4.78 is 0. The van der Waals surface area contributed by atoms with Crippen LogP contribution < -0.4 is 10.6 Å². The topological polar surface area (TPSA) is 84.3 Å². The fourth-order valence-electron chi connectivity index (χ4n) is 2.97. The predicted molar refractivity (Wildman–Crippen MR) is 110 cm³/mol. The molecule has 6 heteroatoms. The first-order chi connectivity index (χ1) is 13.6. The van der Waals surface area contributed by atoms with Crippen molar-refractivity contribution in [3.8, 4) is 11.1 Å². The second-order valence-corrected chi connectivity index (χ2v) is 6.81. The van der Waals surface area contributed by atoms with Gasteiger partial charge in [0.2, 0.25) is 0 Å². The minimum absolute atomic E-state index is 0.0843. The number of anilines is 2. The van der Waals surface area contributed by atoms with E-state index in [1.165, 1.54) is 6.07 Å². The number of carbonyl (C=O) groups excluding carboxylic acids is 1. The Labute approximate surface area is 162 Å². The fourth-order valence-corrected chi connectivity index (χ4v) is 2.97. The molecule has 140 valence electrons. The van der Waals surface area contributed by atoms with Crippen molar-refractivity contribution < 1.29 is 9.72 Å². The fraction of sp³-hybridized carbons (Fsp3) is 0.136. The molecule has 0 aliphatic heterocycles. The van der Waals surface area contributed by atoms with E-state index < -0.39 is 4.92 Å². The maximum Gasteiger partial charge on any atom is 0.293 e. The number of amides is 1. The minimum atomic E-state index is -0.462. The quantitative estimate of drug-likeness (QED) is 0.466. The van der Waals surface area contributed by atoms with E-state index in [-0.39, 0.29) is 17.2 Å². The van der Waals surface area contributed by atoms with Gasteiger partial charge in [-0.2, -0.15) is 0 Å². The van der Waals surface area contributed by atoms with Crippen LogP contribution in [0.2, 0.25) is 0 Å². The summed E-state index contributed by atoms with van der Waals surface area (Å²) in [6.45, 7) is 0. The molecule has 0 saturated heterocycles. The van der Waals surface area contributed by atoms with E-state index in [1.807, 2.05) is 54.6 Å². The van der Waals surface area contributed by atoms with Gasteiger partial charge in [-0.1, -0.05) is 42.5 Å². The van der Waals surface area contributed by atoms with Crippen molar-refractivity contribution in [2.45, 2.75) is 18.9 Å². The van der Waals surface area contributed by atoms with E-state index in [1.54, 1.807) is 12.1 Å². The molecule has 1 aliphatic rings. The number of benzene rings is 3. The maximum atomic E-state index is 12.5. The van der Waals surface area contributed by atoms with Crippen LogP contribution in [0.1, 0.15) is 23.2 Å². The summed E-state index contributed by atoms with van der Waals surface area (Å²) in [6, 6.07) is 22.2. The van der Waals surface area contributed by atoms with Crippen LogP contribution in [0.25, 0.3) is 11.1 Å². The van der Waals surface area contributed by atoms with Gasteiger partial charge in [0.05, 0.1) is 4.92 Å². The molecule has 2 N–H and O–H groups in total. The lowest BCUT2D eigenvalue weighted by molar-refractivity contribution is -0.384. The van der Waals surface area contributed by atoms with Crippen molar-refractivity contribution in [3.05, 3.63) is 88.5 Å². The average molecular weight is 373 g/mol. The van der Waals surface area contributed by atoms with Gasteiger partial charge >= 0.3 is 0 Å². The van der Waals surface area contributed by atoms with Crippen LogP contribution in [0.15, 0.2) is 72.8 Å². The summed E-state index contributed by atoms with van der Waals surface area (Å²) in [7, 11) is 0. The van der Waals surface area contributed by atoms with Gasteiger partial charge in [0, 0.05) is 23.4 Å². The van der Waals surface area contributed by atoms with Crippen LogP contribution >= 0.6 is 0 Å². The van der Waals surface area contributed by atoms with Gasteiger partial charge in [0.25, 0.3) is 11.6 Å². The maximum absolute atomic E-state index is 12.5. The summed E-state index contributed by atoms with van der Waals surface area (Å²) in [5, 5.41) is 17.3. The monoisotopic (exact) mass is 373 g/mol. The average Bonchev–Trinajstić information content (AvgIpc) is 3.53. The first-order valence-electron chi connectivity index (χ1n) is 9.12. The van der Waals surface area contributed by atoms with Gasteiger partial charge in [-0.05, 0) is 48.2 Å². The normalized spacial score (nSPS) is 13.0. The van der Waals surface area contributed by atoms with E-state index in [0.717, 1.165) is 24.0 Å². The molecule has 0 spiro atoms. The molecular weight excluding hydrogens is 354 g/mol. The summed E-state index contributed by atoms with van der Waals surface area (Å²) in [6.07, 6.45) is 2.02. The zero-order chi connectivity index (χ0) is 19.5. The van der Waals surface area contributed by atoms with Crippen molar-refractivity contribution in [3.63, 3.8) is 0 Å². The van der Waals surface area contributed by atoms with Gasteiger partial charge < -0.3 is 10.6 Å². The highest BCUT2D eigenvalue weighted by Crippen LogP contribution is 2.31. The third-order valence-electron chi connectivity index (χ3n) is 4.64. The Bertz CT molecular complexity index is 1010. The molecule has 6 nitrogen and oxygen atoms in total. The molecule has 1 fully saturated rings. The summed E-state index contributed by atoms with van der Waals surface area (Å²) in [4.78, 5) is 23.4. The number of nitrogens with one attached hydrogen (secondary N) is 2. The highest BCUT2D eigenvalue weighted by Gasteiger charge is 2.25. The Hall–Kier alpha value is -3.67. The number of carbonyl (C=O) groups is 1. The van der Waals surface area contributed by atoms with Gasteiger partial charge in [-0.15, -0.1) is 0 Å². The molecular formula is C22H19N3O3. The number of nitrogens with zero attached hydrogens (tertiary/aromatic N) is 1. The van der Waals surface area contributed by atoms with Crippen molar-refractivity contribution >= 4 is 23.0 Å². The van der Waals surface area contributed by atoms with E-state index >= 15 is 0 Å². The number of hydrogen-bond acceptors (Lipinski definition) is 4. The van der Waals surface area contributed by atoms with Crippen LogP contribution in [0.4, 0.5) is 17.1 Å². The Morgan fingerprint density at radius 2 is 1.61 bits per heavy atom. The molecule has 28 heavy (non-hydrogen) atoms. The van der Waals surface area contributed by atoms with E-state index in [2.05, 4.69) is 10.6 Å². The molecule has 0 bridgehead atoms. The minimum Gasteiger partial charge on any atom is -0.377 e. The Morgan fingerprint density at radius 1 is 0.929 bits per heavy atom. The third kappa shape index (κ3) is 4.01. The Morgan fingerprint density at radius 3 is 2.25 bits per heavy atom. The van der Waals surface area contributed by atoms with Gasteiger partial charge in [0.1, 0.15) is 5.69 Å². The Kier molecular flexibility index (Phi) is 4.76. The van der Waals surface area contributed by atoms with Crippen molar-refractivity contribution in [1.29, 1.82) is 0 Å². The van der Waals surface area contributed by atoms with Gasteiger partial charge in [-0.25, -0.2) is 0 Å². The number of hydrogen-bond donors (Lipinski definition) is 2. The largest absolute Gasteiger partial charge is 0.377 e. The molecule has 4 rings (SSSR count). The molecule has 0 atom stereocenters. The summed E-state index contributed by atoms with van der Waals surface area (Å²) in [5.74, 6) is -0.381. The lowest BCUT2D eigenvalue weighted by atomic mass is 10.1. The first-order valence-corrected chi connectivity index (χ1v) is 9.12. The molecule has 0 aromatic heterocycles. The van der Waals surface area contributed by atoms with Crippen LogP contribution in [0.3, 0.4) is 0 Å². The van der Waals surface area contributed by atoms with Crippen LogP contribution in [0.5, 0.6) is 0 Å². The first kappa shape index (κ1) is 17.7. The van der Waals surface area contributed by atoms with E-state index in [0.29, 0.717) is 17.4 Å². The van der Waals surface area contributed by atoms with Crippen molar-refractivity contribution in [2.24, 2.45) is 0 Å². The highest BCUT2D eigenvalue weighted by molar-refractivity contribution is 6.05. The second kappa shape index (κ2) is 7.52. The van der Waals surface area contributed by atoms with Crippen LogP contribution in [-0.4, -0.2) is 16.9 Å². The van der Waals surface area contributed by atoms with E-state index in [9.17, 15) is 14.9 Å². The summed E-state index contributed by atoms with van der Waals surface area (Å²) in [5.41, 5.74) is 3.39. The Balaban J connectivity index is 1.50. The van der Waals surface area contributed by atoms with Crippen molar-refractivity contribution in [1.82, 2.24) is 0 Å². The van der Waals surface area contributed by atoms with Gasteiger partial charge in [-0.3, -0.25) is 14.9 Å². The molecule has 3 aromatic carbocycles. The molecule has 1 saturated carbocycles. The molecule has 0 radical (unpaired) electrons. The number of rotatable bonds is 6.